The number of carboxylic acids is 1. The Morgan fingerprint density at radius 3 is 2.00 bits per heavy atom. The molecule has 1 unspecified atom stereocenters. The second-order valence-electron chi connectivity index (χ2n) is 6.75. The fourth-order valence-corrected chi connectivity index (χ4v) is 2.99. The molecule has 1 atom stereocenters. The molecule has 0 spiro atoms. The van der Waals surface area contributed by atoms with E-state index in [2.05, 4.69) is 0 Å². The molecule has 0 bridgehead atoms. The average molecular weight is 312 g/mol. The lowest BCUT2D eigenvalue weighted by Crippen LogP contribution is -2.44. The van der Waals surface area contributed by atoms with E-state index in [1.807, 2.05) is 74.5 Å². The van der Waals surface area contributed by atoms with Crippen molar-refractivity contribution in [2.24, 2.45) is 0 Å². The number of hydrogen-bond acceptors (Lipinski definition) is 2. The minimum Gasteiger partial charge on any atom is -0.479 e. The van der Waals surface area contributed by atoms with Crippen LogP contribution in [-0.4, -0.2) is 21.8 Å². The molecule has 2 aromatic carbocycles. The topological polar surface area (TPSA) is 57.5 Å². The van der Waals surface area contributed by atoms with Crippen molar-refractivity contribution in [3.63, 3.8) is 0 Å². The maximum absolute atomic E-state index is 11.7. The maximum Gasteiger partial charge on any atom is 0.335 e. The van der Waals surface area contributed by atoms with Crippen molar-refractivity contribution < 1.29 is 15.0 Å². The molecule has 0 heterocycles. The average Bonchev–Trinajstić information content (AvgIpc) is 2.54. The molecule has 122 valence electrons. The first-order valence-electron chi connectivity index (χ1n) is 7.89. The first kappa shape index (κ1) is 17.2. The summed E-state index contributed by atoms with van der Waals surface area (Å²) >= 11 is 0. The van der Waals surface area contributed by atoms with Crippen LogP contribution in [0.2, 0.25) is 0 Å². The molecule has 3 heteroatoms. The van der Waals surface area contributed by atoms with Gasteiger partial charge in [-0.2, -0.15) is 0 Å². The molecule has 2 N–H and O–H groups in total. The highest BCUT2D eigenvalue weighted by Gasteiger charge is 2.41. The minimum absolute atomic E-state index is 0.173. The standard InChI is InChI=1S/C20H24O3/c1-19(2,17-11-7-4-8-12-17)15-20(23,18(21)22)14-13-16-9-5-3-6-10-16/h3-12,23H,13-15H2,1-2H3,(H,21,22). The Labute approximate surface area is 137 Å². The van der Waals surface area contributed by atoms with Crippen molar-refractivity contribution in [3.8, 4) is 0 Å². The fraction of sp³-hybridized carbons (Fsp3) is 0.350. The van der Waals surface area contributed by atoms with E-state index in [-0.39, 0.29) is 12.8 Å². The van der Waals surface area contributed by atoms with Gasteiger partial charge in [0.15, 0.2) is 5.60 Å². The van der Waals surface area contributed by atoms with Gasteiger partial charge < -0.3 is 10.2 Å². The quantitative estimate of drug-likeness (QED) is 0.817. The number of aryl methyl sites for hydroxylation is 1. The van der Waals surface area contributed by atoms with Crippen LogP contribution >= 0.6 is 0 Å². The van der Waals surface area contributed by atoms with E-state index < -0.39 is 17.0 Å². The molecule has 0 aromatic heterocycles. The zero-order chi connectivity index (χ0) is 16.9. The maximum atomic E-state index is 11.7. The van der Waals surface area contributed by atoms with Crippen molar-refractivity contribution in [2.75, 3.05) is 0 Å². The molecular formula is C20H24O3. The number of aliphatic carboxylic acids is 1. The molecule has 23 heavy (non-hydrogen) atoms. The van der Waals surface area contributed by atoms with E-state index in [0.29, 0.717) is 6.42 Å². The van der Waals surface area contributed by atoms with Crippen LogP contribution in [0.4, 0.5) is 0 Å². The molecule has 0 aliphatic rings. The SMILES string of the molecule is CC(C)(CC(O)(CCc1ccccc1)C(=O)O)c1ccccc1. The van der Waals surface area contributed by atoms with Gasteiger partial charge in [0.2, 0.25) is 0 Å². The molecule has 0 radical (unpaired) electrons. The minimum atomic E-state index is -1.74. The first-order chi connectivity index (χ1) is 10.8. The van der Waals surface area contributed by atoms with Crippen LogP contribution in [0, 0.1) is 0 Å². The Hall–Kier alpha value is -2.13. The van der Waals surface area contributed by atoms with Crippen LogP contribution < -0.4 is 0 Å². The summed E-state index contributed by atoms with van der Waals surface area (Å²) in [6.07, 6.45) is 0.906. The van der Waals surface area contributed by atoms with Gasteiger partial charge in [-0.05, 0) is 35.8 Å². The molecule has 3 nitrogen and oxygen atoms in total. The Bertz CT molecular complexity index is 634. The zero-order valence-corrected chi connectivity index (χ0v) is 13.7. The summed E-state index contributed by atoms with van der Waals surface area (Å²) in [5.41, 5.74) is -0.107. The summed E-state index contributed by atoms with van der Waals surface area (Å²) in [6.45, 7) is 3.94. The number of carboxylic acid groups (broad SMARTS) is 1. The summed E-state index contributed by atoms with van der Waals surface area (Å²) in [5.74, 6) is -1.16. The van der Waals surface area contributed by atoms with Gasteiger partial charge in [0.25, 0.3) is 0 Å². The van der Waals surface area contributed by atoms with Crippen LogP contribution in [0.1, 0.15) is 37.8 Å². The van der Waals surface area contributed by atoms with Gasteiger partial charge in [-0.25, -0.2) is 4.79 Å². The van der Waals surface area contributed by atoms with E-state index in [1.54, 1.807) is 0 Å². The lowest BCUT2D eigenvalue weighted by molar-refractivity contribution is -0.161. The third-order valence-electron chi connectivity index (χ3n) is 4.36. The monoisotopic (exact) mass is 312 g/mol. The highest BCUT2D eigenvalue weighted by molar-refractivity contribution is 5.77. The van der Waals surface area contributed by atoms with Crippen molar-refractivity contribution in [1.82, 2.24) is 0 Å². The molecular weight excluding hydrogens is 288 g/mol. The van der Waals surface area contributed by atoms with Crippen molar-refractivity contribution >= 4 is 5.97 Å². The van der Waals surface area contributed by atoms with Gasteiger partial charge in [0.05, 0.1) is 0 Å². The third-order valence-corrected chi connectivity index (χ3v) is 4.36. The van der Waals surface area contributed by atoms with Crippen LogP contribution in [0.5, 0.6) is 0 Å². The van der Waals surface area contributed by atoms with Crippen LogP contribution in [0.3, 0.4) is 0 Å². The predicted molar refractivity (Wildman–Crippen MR) is 91.4 cm³/mol. The number of hydrogen-bond donors (Lipinski definition) is 2. The van der Waals surface area contributed by atoms with Gasteiger partial charge in [-0.1, -0.05) is 74.5 Å². The smallest absolute Gasteiger partial charge is 0.335 e. The lowest BCUT2D eigenvalue weighted by atomic mass is 9.73. The van der Waals surface area contributed by atoms with Gasteiger partial charge in [-0.15, -0.1) is 0 Å². The third kappa shape index (κ3) is 4.42. The summed E-state index contributed by atoms with van der Waals surface area (Å²) in [4.78, 5) is 11.7. The summed E-state index contributed by atoms with van der Waals surface area (Å²) in [5, 5.41) is 20.3. The largest absolute Gasteiger partial charge is 0.479 e. The van der Waals surface area contributed by atoms with Crippen LogP contribution in [-0.2, 0) is 16.6 Å². The molecule has 0 aliphatic heterocycles. The molecule has 0 saturated heterocycles. The molecule has 0 amide bonds. The second-order valence-corrected chi connectivity index (χ2v) is 6.75. The molecule has 0 saturated carbocycles. The molecule has 2 aromatic rings. The summed E-state index contributed by atoms with van der Waals surface area (Å²) in [7, 11) is 0. The van der Waals surface area contributed by atoms with E-state index in [0.717, 1.165) is 11.1 Å². The number of rotatable bonds is 7. The first-order valence-corrected chi connectivity index (χ1v) is 7.89. The van der Waals surface area contributed by atoms with Gasteiger partial charge in [0, 0.05) is 0 Å². The highest BCUT2D eigenvalue weighted by atomic mass is 16.4. The van der Waals surface area contributed by atoms with Gasteiger partial charge in [-0.3, -0.25) is 0 Å². The Kier molecular flexibility index (Phi) is 5.22. The zero-order valence-electron chi connectivity index (χ0n) is 13.7. The van der Waals surface area contributed by atoms with E-state index in [1.165, 1.54) is 0 Å². The van der Waals surface area contributed by atoms with Gasteiger partial charge >= 0.3 is 5.97 Å². The second kappa shape index (κ2) is 6.97. The van der Waals surface area contributed by atoms with Crippen molar-refractivity contribution in [3.05, 3.63) is 71.8 Å². The number of carbonyl (C=O) groups is 1. The van der Waals surface area contributed by atoms with E-state index in [9.17, 15) is 15.0 Å². The number of benzene rings is 2. The molecule has 0 fully saturated rings. The molecule has 2 rings (SSSR count). The summed E-state index contributed by atoms with van der Waals surface area (Å²) < 4.78 is 0. The van der Waals surface area contributed by atoms with E-state index >= 15 is 0 Å². The number of aliphatic hydroxyl groups is 1. The van der Waals surface area contributed by atoms with E-state index in [4.69, 9.17) is 0 Å². The Morgan fingerprint density at radius 1 is 0.957 bits per heavy atom. The van der Waals surface area contributed by atoms with Crippen molar-refractivity contribution in [1.29, 1.82) is 0 Å². The molecule has 0 aliphatic carbocycles. The van der Waals surface area contributed by atoms with Crippen LogP contribution in [0.15, 0.2) is 60.7 Å². The van der Waals surface area contributed by atoms with Gasteiger partial charge in [0.1, 0.15) is 0 Å². The Morgan fingerprint density at radius 2 is 1.48 bits per heavy atom. The van der Waals surface area contributed by atoms with Crippen molar-refractivity contribution in [2.45, 2.75) is 44.1 Å². The predicted octanol–water partition coefficient (Wildman–Crippen LogP) is 3.80. The lowest BCUT2D eigenvalue weighted by Gasteiger charge is -2.34. The fourth-order valence-electron chi connectivity index (χ4n) is 2.99. The highest BCUT2D eigenvalue weighted by Crippen LogP contribution is 2.34. The normalized spacial score (nSPS) is 14.2. The Balaban J connectivity index is 2.15. The summed E-state index contributed by atoms with van der Waals surface area (Å²) in [6, 6.07) is 19.4. The van der Waals surface area contributed by atoms with Crippen LogP contribution in [0.25, 0.3) is 0 Å².